The molecule has 7 heteroatoms. The smallest absolute Gasteiger partial charge is 0.323 e. The fourth-order valence-electron chi connectivity index (χ4n) is 4.04. The monoisotopic (exact) mass is 379 g/mol. The van der Waals surface area contributed by atoms with Gasteiger partial charge in [0.15, 0.2) is 4.87 Å². The molecule has 2 aromatic carbocycles. The standard InChI is InChI=1S/C20H17N3O3S/c1-12-6-8-13(9-7-12)10-22-17(24)16-11-27-20(23(16)19(22)26)14-4-2-3-5-15(14)21-18(20)25/h2-9,16H,10-11H2,1H3,(H,21,25)/t16-,20+/m0/s1. The number of carbonyl (C=O) groups is 3. The Balaban J connectivity index is 1.53. The van der Waals surface area contributed by atoms with Gasteiger partial charge in [0, 0.05) is 17.0 Å². The highest BCUT2D eigenvalue weighted by Gasteiger charge is 2.65. The number of fused-ring (bicyclic) bond motifs is 4. The molecule has 2 fully saturated rings. The maximum absolute atomic E-state index is 13.2. The number of imide groups is 1. The summed E-state index contributed by atoms with van der Waals surface area (Å²) in [6, 6.07) is 14.1. The van der Waals surface area contributed by atoms with Crippen LogP contribution in [0.25, 0.3) is 0 Å². The zero-order chi connectivity index (χ0) is 18.8. The van der Waals surface area contributed by atoms with E-state index in [0.29, 0.717) is 11.4 Å². The number of thioether (sulfide) groups is 1. The Morgan fingerprint density at radius 3 is 2.63 bits per heavy atom. The number of aryl methyl sites for hydroxylation is 1. The second-order valence-corrected chi connectivity index (χ2v) is 8.25. The van der Waals surface area contributed by atoms with Gasteiger partial charge in [0.2, 0.25) is 0 Å². The van der Waals surface area contributed by atoms with Gasteiger partial charge in [-0.05, 0) is 18.6 Å². The highest BCUT2D eigenvalue weighted by molar-refractivity contribution is 8.01. The van der Waals surface area contributed by atoms with E-state index in [1.165, 1.54) is 21.6 Å². The minimum atomic E-state index is -1.16. The molecule has 136 valence electrons. The third-order valence-electron chi connectivity index (χ3n) is 5.40. The largest absolute Gasteiger partial charge is 0.329 e. The van der Waals surface area contributed by atoms with Gasteiger partial charge in [-0.1, -0.05) is 48.0 Å². The van der Waals surface area contributed by atoms with E-state index in [0.717, 1.165) is 16.7 Å². The first-order chi connectivity index (χ1) is 13.0. The van der Waals surface area contributed by atoms with E-state index in [9.17, 15) is 14.4 Å². The van der Waals surface area contributed by atoms with Gasteiger partial charge in [-0.15, -0.1) is 11.8 Å². The van der Waals surface area contributed by atoms with Gasteiger partial charge in [-0.3, -0.25) is 19.4 Å². The van der Waals surface area contributed by atoms with Crippen molar-refractivity contribution < 1.29 is 14.4 Å². The number of para-hydroxylation sites is 1. The molecule has 0 bridgehead atoms. The molecule has 0 saturated carbocycles. The van der Waals surface area contributed by atoms with Crippen molar-refractivity contribution in [1.29, 1.82) is 0 Å². The van der Waals surface area contributed by atoms with Crippen molar-refractivity contribution in [2.45, 2.75) is 24.4 Å². The second kappa shape index (κ2) is 5.60. The lowest BCUT2D eigenvalue weighted by Crippen LogP contribution is -2.49. The van der Waals surface area contributed by atoms with E-state index in [1.807, 2.05) is 55.5 Å². The molecule has 0 unspecified atom stereocenters. The summed E-state index contributed by atoms with van der Waals surface area (Å²) in [6.45, 7) is 2.21. The average Bonchev–Trinajstić information content (AvgIpc) is 3.27. The van der Waals surface area contributed by atoms with E-state index in [-0.39, 0.29) is 18.4 Å². The Morgan fingerprint density at radius 2 is 1.85 bits per heavy atom. The average molecular weight is 379 g/mol. The Labute approximate surface area is 160 Å². The Kier molecular flexibility index (Phi) is 3.40. The number of urea groups is 1. The normalized spacial score (nSPS) is 26.0. The number of anilines is 1. The molecular weight excluding hydrogens is 362 g/mol. The molecule has 6 nitrogen and oxygen atoms in total. The number of benzene rings is 2. The summed E-state index contributed by atoms with van der Waals surface area (Å²) >= 11 is 1.36. The van der Waals surface area contributed by atoms with E-state index in [1.54, 1.807) is 0 Å². The van der Waals surface area contributed by atoms with Gasteiger partial charge < -0.3 is 5.32 Å². The number of hydrogen-bond acceptors (Lipinski definition) is 4. The Bertz CT molecular complexity index is 990. The molecule has 27 heavy (non-hydrogen) atoms. The molecule has 3 aliphatic heterocycles. The summed E-state index contributed by atoms with van der Waals surface area (Å²) in [5.41, 5.74) is 3.46. The molecule has 2 saturated heterocycles. The number of nitrogens with zero attached hydrogens (tertiary/aromatic N) is 2. The van der Waals surface area contributed by atoms with E-state index < -0.39 is 16.9 Å². The van der Waals surface area contributed by atoms with Gasteiger partial charge in [0.1, 0.15) is 6.04 Å². The van der Waals surface area contributed by atoms with Gasteiger partial charge in [-0.25, -0.2) is 4.79 Å². The fraction of sp³-hybridized carbons (Fsp3) is 0.250. The SMILES string of the molecule is Cc1ccc(CN2C(=O)[C@@H]3CS[C@]4(C(=O)Nc5ccccc54)N3C2=O)cc1. The van der Waals surface area contributed by atoms with Crippen molar-refractivity contribution >= 4 is 35.3 Å². The lowest BCUT2D eigenvalue weighted by Gasteiger charge is -2.31. The summed E-state index contributed by atoms with van der Waals surface area (Å²) in [5, 5.41) is 2.87. The molecule has 1 spiro atoms. The van der Waals surface area contributed by atoms with Crippen molar-refractivity contribution in [1.82, 2.24) is 9.80 Å². The predicted molar refractivity (Wildman–Crippen MR) is 102 cm³/mol. The van der Waals surface area contributed by atoms with Crippen LogP contribution in [0.3, 0.4) is 0 Å². The molecule has 0 aromatic heterocycles. The van der Waals surface area contributed by atoms with Crippen LogP contribution in [0.4, 0.5) is 10.5 Å². The molecule has 4 amide bonds. The molecule has 0 aliphatic carbocycles. The highest BCUT2D eigenvalue weighted by Crippen LogP contribution is 2.55. The molecule has 5 rings (SSSR count). The van der Waals surface area contributed by atoms with Crippen LogP contribution in [-0.2, 0) is 21.0 Å². The van der Waals surface area contributed by atoms with Crippen LogP contribution in [0, 0.1) is 6.92 Å². The number of amides is 4. The summed E-state index contributed by atoms with van der Waals surface area (Å²) in [6.07, 6.45) is 0. The topological polar surface area (TPSA) is 69.7 Å². The third kappa shape index (κ3) is 2.12. The number of rotatable bonds is 2. The molecule has 3 aliphatic rings. The molecule has 2 atom stereocenters. The number of nitrogens with one attached hydrogen (secondary N) is 1. The Hall–Kier alpha value is -2.80. The fourth-order valence-corrected chi connectivity index (χ4v) is 5.59. The maximum atomic E-state index is 13.2. The summed E-state index contributed by atoms with van der Waals surface area (Å²) < 4.78 is 0. The molecular formula is C20H17N3O3S. The van der Waals surface area contributed by atoms with E-state index in [4.69, 9.17) is 0 Å². The highest BCUT2D eigenvalue weighted by atomic mass is 32.2. The maximum Gasteiger partial charge on any atom is 0.329 e. The van der Waals surface area contributed by atoms with Gasteiger partial charge in [0.05, 0.1) is 6.54 Å². The lowest BCUT2D eigenvalue weighted by atomic mass is 10.1. The minimum absolute atomic E-state index is 0.217. The molecule has 1 N–H and O–H groups in total. The second-order valence-electron chi connectivity index (χ2n) is 7.03. The lowest BCUT2D eigenvalue weighted by molar-refractivity contribution is -0.128. The number of carbonyl (C=O) groups excluding carboxylic acids is 3. The van der Waals surface area contributed by atoms with Crippen molar-refractivity contribution in [2.24, 2.45) is 0 Å². The summed E-state index contributed by atoms with van der Waals surface area (Å²) in [5.74, 6) is -0.0758. The Morgan fingerprint density at radius 1 is 1.11 bits per heavy atom. The van der Waals surface area contributed by atoms with Crippen LogP contribution in [-0.4, -0.2) is 39.4 Å². The quantitative estimate of drug-likeness (QED) is 0.815. The zero-order valence-electron chi connectivity index (χ0n) is 14.6. The van der Waals surface area contributed by atoms with Crippen LogP contribution in [0.15, 0.2) is 48.5 Å². The third-order valence-corrected chi connectivity index (χ3v) is 6.90. The first-order valence-electron chi connectivity index (χ1n) is 8.77. The van der Waals surface area contributed by atoms with Crippen LogP contribution < -0.4 is 5.32 Å². The van der Waals surface area contributed by atoms with Gasteiger partial charge >= 0.3 is 6.03 Å². The first-order valence-corrected chi connectivity index (χ1v) is 9.76. The number of hydrogen-bond donors (Lipinski definition) is 1. The summed E-state index contributed by atoms with van der Waals surface area (Å²) in [4.78, 5) is 40.7. The van der Waals surface area contributed by atoms with Crippen molar-refractivity contribution in [2.75, 3.05) is 11.1 Å². The van der Waals surface area contributed by atoms with Crippen LogP contribution in [0.1, 0.15) is 16.7 Å². The van der Waals surface area contributed by atoms with Crippen LogP contribution in [0.2, 0.25) is 0 Å². The van der Waals surface area contributed by atoms with Crippen molar-refractivity contribution in [3.05, 3.63) is 65.2 Å². The van der Waals surface area contributed by atoms with E-state index in [2.05, 4.69) is 5.32 Å². The molecule has 3 heterocycles. The van der Waals surface area contributed by atoms with Crippen LogP contribution >= 0.6 is 11.8 Å². The first kappa shape index (κ1) is 16.4. The minimum Gasteiger partial charge on any atom is -0.323 e. The van der Waals surface area contributed by atoms with Crippen molar-refractivity contribution in [3.8, 4) is 0 Å². The van der Waals surface area contributed by atoms with Gasteiger partial charge in [0.25, 0.3) is 11.8 Å². The molecule has 0 radical (unpaired) electrons. The van der Waals surface area contributed by atoms with E-state index >= 15 is 0 Å². The van der Waals surface area contributed by atoms with Crippen molar-refractivity contribution in [3.63, 3.8) is 0 Å². The van der Waals surface area contributed by atoms with Crippen LogP contribution in [0.5, 0.6) is 0 Å². The van der Waals surface area contributed by atoms with Gasteiger partial charge in [-0.2, -0.15) is 0 Å². The molecule has 2 aromatic rings. The summed E-state index contributed by atoms with van der Waals surface area (Å²) in [7, 11) is 0. The zero-order valence-corrected chi connectivity index (χ0v) is 15.5. The predicted octanol–water partition coefficient (Wildman–Crippen LogP) is 2.68.